The van der Waals surface area contributed by atoms with Crippen LogP contribution in [-0.2, 0) is 16.4 Å². The van der Waals surface area contributed by atoms with Crippen LogP contribution in [0.3, 0.4) is 0 Å². The lowest BCUT2D eigenvalue weighted by molar-refractivity contribution is 0.384. The molecule has 0 aliphatic carbocycles. The Labute approximate surface area is 228 Å². The molecule has 0 bridgehead atoms. The fraction of sp³-hybridized carbons (Fsp3) is 0.233. The third-order valence-corrected chi connectivity index (χ3v) is 9.05. The van der Waals surface area contributed by atoms with Gasteiger partial charge in [-0.15, -0.1) is 0 Å². The number of piperazine rings is 1. The predicted molar refractivity (Wildman–Crippen MR) is 153 cm³/mol. The second-order valence-electron chi connectivity index (χ2n) is 9.86. The zero-order valence-electron chi connectivity index (χ0n) is 22.0. The molecule has 3 aromatic carbocycles. The second kappa shape index (κ2) is 10.2. The summed E-state index contributed by atoms with van der Waals surface area (Å²) in [6.45, 7) is 5.85. The summed E-state index contributed by atoms with van der Waals surface area (Å²) in [4.78, 5) is 12.5. The number of nitrogens with zero attached hydrogens (tertiary/aromatic N) is 6. The van der Waals surface area contributed by atoms with E-state index in [1.54, 1.807) is 28.6 Å². The van der Waals surface area contributed by atoms with Gasteiger partial charge >= 0.3 is 0 Å². The molecule has 39 heavy (non-hydrogen) atoms. The summed E-state index contributed by atoms with van der Waals surface area (Å²) >= 11 is 0. The van der Waals surface area contributed by atoms with Crippen LogP contribution in [0.1, 0.15) is 22.6 Å². The Bertz CT molecular complexity index is 1710. The zero-order chi connectivity index (χ0) is 27.0. The molecule has 3 heterocycles. The molecule has 1 saturated heterocycles. The van der Waals surface area contributed by atoms with E-state index in [-0.39, 0.29) is 0 Å². The summed E-state index contributed by atoms with van der Waals surface area (Å²) in [5, 5.41) is 5.74. The Kier molecular flexibility index (Phi) is 6.62. The maximum absolute atomic E-state index is 13.2. The minimum atomic E-state index is -3.55. The number of para-hydroxylation sites is 1. The molecule has 1 aliphatic heterocycles. The second-order valence-corrected chi connectivity index (χ2v) is 11.8. The highest BCUT2D eigenvalue weighted by atomic mass is 32.2. The van der Waals surface area contributed by atoms with Crippen molar-refractivity contribution in [3.63, 3.8) is 0 Å². The lowest BCUT2D eigenvalue weighted by atomic mass is 10.1. The number of hydrogen-bond acceptors (Lipinski definition) is 6. The summed E-state index contributed by atoms with van der Waals surface area (Å²) in [5.41, 5.74) is 4.86. The lowest BCUT2D eigenvalue weighted by Crippen LogP contribution is -2.49. The van der Waals surface area contributed by atoms with Crippen molar-refractivity contribution < 1.29 is 8.42 Å². The molecule has 0 saturated carbocycles. The SMILES string of the molecule is Cc1ccc(Cc2nc(N3CCN(S(=O)(=O)c4ccccc4)CC3)c3c(C)nn(-c4ccccc4)c3n2)cc1. The van der Waals surface area contributed by atoms with E-state index in [1.807, 2.05) is 48.0 Å². The smallest absolute Gasteiger partial charge is 0.243 e. The fourth-order valence-corrected chi connectivity index (χ4v) is 6.48. The van der Waals surface area contributed by atoms with E-state index in [0.717, 1.165) is 33.8 Å². The van der Waals surface area contributed by atoms with Gasteiger partial charge in [0.05, 0.1) is 21.7 Å². The van der Waals surface area contributed by atoms with E-state index in [9.17, 15) is 8.42 Å². The molecule has 0 radical (unpaired) electrons. The first-order chi connectivity index (χ1) is 18.9. The van der Waals surface area contributed by atoms with Gasteiger partial charge in [0.2, 0.25) is 10.0 Å². The highest BCUT2D eigenvalue weighted by Gasteiger charge is 2.30. The first-order valence-corrected chi connectivity index (χ1v) is 14.5. The summed E-state index contributed by atoms with van der Waals surface area (Å²) in [7, 11) is -3.55. The highest BCUT2D eigenvalue weighted by Crippen LogP contribution is 2.31. The third kappa shape index (κ3) is 4.91. The van der Waals surface area contributed by atoms with Crippen molar-refractivity contribution in [2.45, 2.75) is 25.2 Å². The lowest BCUT2D eigenvalue weighted by Gasteiger charge is -2.35. The quantitative estimate of drug-likeness (QED) is 0.316. The summed E-state index contributed by atoms with van der Waals surface area (Å²) in [5.74, 6) is 1.51. The Morgan fingerprint density at radius 2 is 1.41 bits per heavy atom. The van der Waals surface area contributed by atoms with Crippen molar-refractivity contribution in [2.75, 3.05) is 31.1 Å². The summed E-state index contributed by atoms with van der Waals surface area (Å²) in [6.07, 6.45) is 0.588. The molecule has 5 aromatic rings. The average molecular weight is 539 g/mol. The third-order valence-electron chi connectivity index (χ3n) is 7.13. The Balaban J connectivity index is 1.38. The maximum atomic E-state index is 13.2. The monoisotopic (exact) mass is 538 g/mol. The number of aromatic nitrogens is 4. The highest BCUT2D eigenvalue weighted by molar-refractivity contribution is 7.89. The number of sulfonamides is 1. The molecular formula is C30H30N6O2S. The molecule has 8 nitrogen and oxygen atoms in total. The van der Waals surface area contributed by atoms with Crippen molar-refractivity contribution in [3.8, 4) is 5.69 Å². The number of benzene rings is 3. The van der Waals surface area contributed by atoms with E-state index in [4.69, 9.17) is 15.1 Å². The Hall–Kier alpha value is -4.08. The fourth-order valence-electron chi connectivity index (χ4n) is 5.03. The van der Waals surface area contributed by atoms with Crippen LogP contribution in [0.5, 0.6) is 0 Å². The van der Waals surface area contributed by atoms with E-state index in [1.165, 1.54) is 5.56 Å². The zero-order valence-corrected chi connectivity index (χ0v) is 22.8. The van der Waals surface area contributed by atoms with Crippen LogP contribution in [0.4, 0.5) is 5.82 Å². The van der Waals surface area contributed by atoms with Gasteiger partial charge in [-0.05, 0) is 43.7 Å². The molecule has 1 aliphatic rings. The van der Waals surface area contributed by atoms with Crippen LogP contribution in [0.15, 0.2) is 89.8 Å². The number of fused-ring (bicyclic) bond motifs is 1. The standard InChI is InChI=1S/C30H30N6O2S/c1-22-13-15-24(16-14-22)21-27-31-29(28-23(2)33-36(30(28)32-27)25-9-5-3-6-10-25)34-17-19-35(20-18-34)39(37,38)26-11-7-4-8-12-26/h3-16H,17-21H2,1-2H3. The number of aryl methyl sites for hydroxylation is 2. The normalized spacial score (nSPS) is 14.7. The van der Waals surface area contributed by atoms with E-state index in [0.29, 0.717) is 43.3 Å². The van der Waals surface area contributed by atoms with Gasteiger partial charge in [0, 0.05) is 32.6 Å². The summed E-state index contributed by atoms with van der Waals surface area (Å²) < 4.78 is 29.9. The van der Waals surface area contributed by atoms with Crippen molar-refractivity contribution in [2.24, 2.45) is 0 Å². The first-order valence-electron chi connectivity index (χ1n) is 13.1. The number of hydrogen-bond donors (Lipinski definition) is 0. The molecule has 0 atom stereocenters. The van der Waals surface area contributed by atoms with Crippen molar-refractivity contribution in [3.05, 3.63) is 108 Å². The number of anilines is 1. The Morgan fingerprint density at radius 3 is 2.08 bits per heavy atom. The van der Waals surface area contributed by atoms with Gasteiger partial charge in [-0.3, -0.25) is 0 Å². The van der Waals surface area contributed by atoms with Gasteiger partial charge in [-0.2, -0.15) is 9.40 Å². The van der Waals surface area contributed by atoms with Gasteiger partial charge in [0.1, 0.15) is 11.6 Å². The van der Waals surface area contributed by atoms with Crippen LogP contribution in [0.2, 0.25) is 0 Å². The first kappa shape index (κ1) is 25.2. The van der Waals surface area contributed by atoms with Gasteiger partial charge in [-0.25, -0.2) is 23.1 Å². The molecule has 6 rings (SSSR count). The van der Waals surface area contributed by atoms with E-state index in [2.05, 4.69) is 36.1 Å². The summed E-state index contributed by atoms with van der Waals surface area (Å²) in [6, 6.07) is 27.0. The molecule has 0 unspecified atom stereocenters. The molecular weight excluding hydrogens is 508 g/mol. The molecule has 0 spiro atoms. The van der Waals surface area contributed by atoms with Crippen LogP contribution in [-0.4, -0.2) is 58.7 Å². The molecule has 0 N–H and O–H groups in total. The van der Waals surface area contributed by atoms with Crippen molar-refractivity contribution >= 4 is 26.9 Å². The molecule has 0 amide bonds. The van der Waals surface area contributed by atoms with Crippen molar-refractivity contribution in [1.82, 2.24) is 24.1 Å². The predicted octanol–water partition coefficient (Wildman–Crippen LogP) is 4.53. The number of rotatable bonds is 6. The average Bonchev–Trinajstić information content (AvgIpc) is 3.31. The van der Waals surface area contributed by atoms with Gasteiger partial charge in [-0.1, -0.05) is 66.2 Å². The minimum absolute atomic E-state index is 0.322. The van der Waals surface area contributed by atoms with Crippen LogP contribution < -0.4 is 4.90 Å². The van der Waals surface area contributed by atoms with Crippen LogP contribution in [0, 0.1) is 13.8 Å². The van der Waals surface area contributed by atoms with Gasteiger partial charge < -0.3 is 4.90 Å². The molecule has 2 aromatic heterocycles. The minimum Gasteiger partial charge on any atom is -0.353 e. The van der Waals surface area contributed by atoms with Gasteiger partial charge in [0.15, 0.2) is 5.65 Å². The molecule has 9 heteroatoms. The Morgan fingerprint density at radius 1 is 0.769 bits per heavy atom. The van der Waals surface area contributed by atoms with Crippen LogP contribution in [0.25, 0.3) is 16.7 Å². The molecule has 1 fully saturated rings. The van der Waals surface area contributed by atoms with Crippen molar-refractivity contribution in [1.29, 1.82) is 0 Å². The molecule has 198 valence electrons. The van der Waals surface area contributed by atoms with E-state index >= 15 is 0 Å². The van der Waals surface area contributed by atoms with Crippen LogP contribution >= 0.6 is 0 Å². The topological polar surface area (TPSA) is 84.2 Å². The van der Waals surface area contributed by atoms with Gasteiger partial charge in [0.25, 0.3) is 0 Å². The maximum Gasteiger partial charge on any atom is 0.243 e. The van der Waals surface area contributed by atoms with E-state index < -0.39 is 10.0 Å². The largest absolute Gasteiger partial charge is 0.353 e.